The molecule has 1 aliphatic rings. The molecule has 122 valence electrons. The van der Waals surface area contributed by atoms with Gasteiger partial charge in [-0.2, -0.15) is 0 Å². The monoisotopic (exact) mass is 323 g/mol. The van der Waals surface area contributed by atoms with Crippen LogP contribution in [-0.4, -0.2) is 25.6 Å². The summed E-state index contributed by atoms with van der Waals surface area (Å²) >= 11 is 0. The third-order valence-corrected chi connectivity index (χ3v) is 3.43. The average molecular weight is 323 g/mol. The molecule has 2 aromatic rings. The SMILES string of the molecule is CCOc1ccc(/C=C2/N=C(c3ccccc3)OC2=O)cc1OC. The van der Waals surface area contributed by atoms with Crippen molar-refractivity contribution in [1.29, 1.82) is 0 Å². The van der Waals surface area contributed by atoms with Crippen LogP contribution in [0.1, 0.15) is 18.1 Å². The quantitative estimate of drug-likeness (QED) is 0.625. The van der Waals surface area contributed by atoms with Crippen molar-refractivity contribution in [2.24, 2.45) is 4.99 Å². The maximum atomic E-state index is 12.0. The Morgan fingerprint density at radius 3 is 2.62 bits per heavy atom. The van der Waals surface area contributed by atoms with Crippen LogP contribution in [0.4, 0.5) is 0 Å². The third kappa shape index (κ3) is 3.30. The summed E-state index contributed by atoms with van der Waals surface area (Å²) in [6.45, 7) is 2.46. The van der Waals surface area contributed by atoms with E-state index in [9.17, 15) is 4.79 Å². The fraction of sp³-hybridized carbons (Fsp3) is 0.158. The molecule has 0 radical (unpaired) electrons. The zero-order valence-corrected chi connectivity index (χ0v) is 13.5. The van der Waals surface area contributed by atoms with Gasteiger partial charge in [0.25, 0.3) is 0 Å². The first-order chi connectivity index (χ1) is 11.7. The smallest absolute Gasteiger partial charge is 0.363 e. The van der Waals surface area contributed by atoms with E-state index < -0.39 is 5.97 Å². The number of hydrogen-bond donors (Lipinski definition) is 0. The molecular weight excluding hydrogens is 306 g/mol. The van der Waals surface area contributed by atoms with Gasteiger partial charge in [-0.05, 0) is 42.8 Å². The highest BCUT2D eigenvalue weighted by Crippen LogP contribution is 2.29. The standard InChI is InChI=1S/C19H17NO4/c1-3-23-16-10-9-13(12-17(16)22-2)11-15-19(21)24-18(20-15)14-7-5-4-6-8-14/h4-12H,3H2,1-2H3/b15-11+. The molecule has 0 unspecified atom stereocenters. The van der Waals surface area contributed by atoms with Gasteiger partial charge in [0, 0.05) is 5.56 Å². The van der Waals surface area contributed by atoms with Crippen molar-refractivity contribution in [2.45, 2.75) is 6.92 Å². The number of carbonyl (C=O) groups is 1. The lowest BCUT2D eigenvalue weighted by molar-refractivity contribution is -0.129. The lowest BCUT2D eigenvalue weighted by Gasteiger charge is -2.09. The van der Waals surface area contributed by atoms with Gasteiger partial charge in [0.05, 0.1) is 13.7 Å². The zero-order chi connectivity index (χ0) is 16.9. The topological polar surface area (TPSA) is 57.1 Å². The van der Waals surface area contributed by atoms with Crippen molar-refractivity contribution >= 4 is 17.9 Å². The lowest BCUT2D eigenvalue weighted by atomic mass is 10.1. The largest absolute Gasteiger partial charge is 0.493 e. The number of nitrogens with zero attached hydrogens (tertiary/aromatic N) is 1. The van der Waals surface area contributed by atoms with Crippen LogP contribution in [0.25, 0.3) is 6.08 Å². The van der Waals surface area contributed by atoms with E-state index in [0.717, 1.165) is 11.1 Å². The van der Waals surface area contributed by atoms with Crippen LogP contribution in [0.2, 0.25) is 0 Å². The Morgan fingerprint density at radius 2 is 1.92 bits per heavy atom. The highest BCUT2D eigenvalue weighted by molar-refractivity contribution is 6.12. The number of benzene rings is 2. The van der Waals surface area contributed by atoms with E-state index in [4.69, 9.17) is 14.2 Å². The van der Waals surface area contributed by atoms with E-state index in [0.29, 0.717) is 24.0 Å². The number of cyclic esters (lactones) is 1. The molecule has 5 heteroatoms. The number of aliphatic imine (C=N–C) groups is 1. The Labute approximate surface area is 140 Å². The number of hydrogen-bond acceptors (Lipinski definition) is 5. The van der Waals surface area contributed by atoms with Crippen molar-refractivity contribution in [1.82, 2.24) is 0 Å². The Balaban J connectivity index is 1.91. The fourth-order valence-corrected chi connectivity index (χ4v) is 2.32. The van der Waals surface area contributed by atoms with Crippen LogP contribution >= 0.6 is 0 Å². The molecule has 0 atom stereocenters. The van der Waals surface area contributed by atoms with Crippen LogP contribution in [0.3, 0.4) is 0 Å². The minimum Gasteiger partial charge on any atom is -0.493 e. The van der Waals surface area contributed by atoms with E-state index in [-0.39, 0.29) is 5.70 Å². The van der Waals surface area contributed by atoms with E-state index in [1.807, 2.05) is 43.3 Å². The molecule has 5 nitrogen and oxygen atoms in total. The summed E-state index contributed by atoms with van der Waals surface area (Å²) in [7, 11) is 1.57. The number of carbonyl (C=O) groups excluding carboxylic acids is 1. The van der Waals surface area contributed by atoms with E-state index >= 15 is 0 Å². The summed E-state index contributed by atoms with van der Waals surface area (Å²) in [6.07, 6.45) is 1.66. The predicted molar refractivity (Wildman–Crippen MR) is 91.2 cm³/mol. The molecule has 0 N–H and O–H groups in total. The van der Waals surface area contributed by atoms with Gasteiger partial charge in [-0.1, -0.05) is 24.3 Å². The molecule has 0 aliphatic carbocycles. The highest BCUT2D eigenvalue weighted by Gasteiger charge is 2.24. The van der Waals surface area contributed by atoms with E-state index in [1.54, 1.807) is 25.3 Å². The summed E-state index contributed by atoms with van der Waals surface area (Å²) in [5.74, 6) is 1.10. The van der Waals surface area contributed by atoms with Crippen LogP contribution in [-0.2, 0) is 9.53 Å². The van der Waals surface area contributed by atoms with Gasteiger partial charge in [0.15, 0.2) is 17.2 Å². The summed E-state index contributed by atoms with van der Waals surface area (Å²) < 4.78 is 16.0. The Bertz CT molecular complexity index is 809. The molecule has 0 bridgehead atoms. The van der Waals surface area contributed by atoms with Crippen LogP contribution in [0.5, 0.6) is 11.5 Å². The minimum absolute atomic E-state index is 0.250. The molecular formula is C19H17NO4. The molecule has 1 heterocycles. The maximum Gasteiger partial charge on any atom is 0.363 e. The molecule has 0 amide bonds. The predicted octanol–water partition coefficient (Wildman–Crippen LogP) is 3.44. The molecule has 0 aromatic heterocycles. The Morgan fingerprint density at radius 1 is 1.12 bits per heavy atom. The molecule has 0 saturated heterocycles. The van der Waals surface area contributed by atoms with Gasteiger partial charge in [-0.15, -0.1) is 0 Å². The third-order valence-electron chi connectivity index (χ3n) is 3.43. The second-order valence-corrected chi connectivity index (χ2v) is 5.05. The van der Waals surface area contributed by atoms with Crippen molar-refractivity contribution in [3.63, 3.8) is 0 Å². The summed E-state index contributed by atoms with van der Waals surface area (Å²) in [5, 5.41) is 0. The van der Waals surface area contributed by atoms with Crippen molar-refractivity contribution in [2.75, 3.05) is 13.7 Å². The van der Waals surface area contributed by atoms with Crippen molar-refractivity contribution in [3.05, 3.63) is 65.4 Å². The summed E-state index contributed by atoms with van der Waals surface area (Å²) in [6, 6.07) is 14.7. The van der Waals surface area contributed by atoms with Gasteiger partial charge in [0.2, 0.25) is 5.90 Å². The van der Waals surface area contributed by atoms with Crippen LogP contribution in [0.15, 0.2) is 59.2 Å². The van der Waals surface area contributed by atoms with Crippen molar-refractivity contribution < 1.29 is 19.0 Å². The Kier molecular flexibility index (Phi) is 4.61. The average Bonchev–Trinajstić information content (AvgIpc) is 2.98. The van der Waals surface area contributed by atoms with Crippen LogP contribution in [0, 0.1) is 0 Å². The molecule has 1 aliphatic heterocycles. The molecule has 0 saturated carbocycles. The molecule has 0 spiro atoms. The van der Waals surface area contributed by atoms with E-state index in [2.05, 4.69) is 4.99 Å². The Hall–Kier alpha value is -3.08. The first kappa shape index (κ1) is 15.8. The second-order valence-electron chi connectivity index (χ2n) is 5.05. The molecule has 3 rings (SSSR count). The number of esters is 1. The molecule has 2 aromatic carbocycles. The number of methoxy groups -OCH3 is 1. The van der Waals surface area contributed by atoms with Gasteiger partial charge in [-0.25, -0.2) is 9.79 Å². The van der Waals surface area contributed by atoms with Gasteiger partial charge in [0.1, 0.15) is 0 Å². The van der Waals surface area contributed by atoms with Gasteiger partial charge >= 0.3 is 5.97 Å². The van der Waals surface area contributed by atoms with Crippen molar-refractivity contribution in [3.8, 4) is 11.5 Å². The lowest BCUT2D eigenvalue weighted by Crippen LogP contribution is -2.04. The number of rotatable bonds is 5. The van der Waals surface area contributed by atoms with Crippen LogP contribution < -0.4 is 9.47 Å². The van der Waals surface area contributed by atoms with Gasteiger partial charge < -0.3 is 14.2 Å². The zero-order valence-electron chi connectivity index (χ0n) is 13.5. The van der Waals surface area contributed by atoms with E-state index in [1.165, 1.54) is 0 Å². The summed E-state index contributed by atoms with van der Waals surface area (Å²) in [4.78, 5) is 16.3. The minimum atomic E-state index is -0.471. The first-order valence-corrected chi connectivity index (χ1v) is 7.60. The normalized spacial score (nSPS) is 15.2. The maximum absolute atomic E-state index is 12.0. The second kappa shape index (κ2) is 7.00. The number of ether oxygens (including phenoxy) is 3. The van der Waals surface area contributed by atoms with Gasteiger partial charge in [-0.3, -0.25) is 0 Å². The highest BCUT2D eigenvalue weighted by atomic mass is 16.6. The fourth-order valence-electron chi connectivity index (χ4n) is 2.32. The molecule has 0 fully saturated rings. The summed E-state index contributed by atoms with van der Waals surface area (Å²) in [5.41, 5.74) is 1.79. The molecule has 24 heavy (non-hydrogen) atoms. The first-order valence-electron chi connectivity index (χ1n) is 7.60.